The zero-order valence-corrected chi connectivity index (χ0v) is 5.24. The molecule has 5 heteroatoms. The van der Waals surface area contributed by atoms with Gasteiger partial charge >= 0.3 is 0 Å². The average molecular weight is 153 g/mol. The van der Waals surface area contributed by atoms with Crippen LogP contribution in [-0.2, 0) is 0 Å². The molecule has 0 unspecified atom stereocenters. The maximum absolute atomic E-state index is 6.86. The van der Waals surface area contributed by atoms with E-state index in [1.54, 1.807) is 0 Å². The number of allylic oxidation sites excluding steroid dienone is 1. The van der Waals surface area contributed by atoms with E-state index >= 15 is 0 Å². The van der Waals surface area contributed by atoms with Crippen molar-refractivity contribution in [3.8, 4) is 0 Å². The second-order valence-corrected chi connectivity index (χ2v) is 1.92. The molecule has 0 aromatic heterocycles. The zero-order chi connectivity index (χ0) is 6.85. The Hall–Kier alpha value is -0.410. The minimum absolute atomic E-state index is 0.189. The lowest BCUT2D eigenvalue weighted by molar-refractivity contribution is 0.652. The van der Waals surface area contributed by atoms with Gasteiger partial charge in [0, 0.05) is 6.08 Å². The van der Waals surface area contributed by atoms with E-state index in [0.29, 0.717) is 5.53 Å². The second-order valence-electron chi connectivity index (χ2n) is 1.13. The van der Waals surface area contributed by atoms with Gasteiger partial charge in [-0.05, 0) is 0 Å². The molecule has 0 saturated heterocycles. The van der Waals surface area contributed by atoms with E-state index in [9.17, 15) is 0 Å². The number of nitrogens with one attached hydrogen (secondary N) is 2. The number of hydrogen-bond acceptors (Lipinski definition) is 3. The Balaban J connectivity index is 2.74. The van der Waals surface area contributed by atoms with E-state index in [0.717, 1.165) is 0 Å². The molecule has 0 atom stereocenters. The number of hydrazine groups is 1. The fourth-order valence-electron chi connectivity index (χ4n) is 0.286. The molecule has 1 heterocycles. The first-order chi connectivity index (χ1) is 4.18. The van der Waals surface area contributed by atoms with Crippen molar-refractivity contribution in [2.45, 2.75) is 0 Å². The standard InChI is InChI=1S/C3H3Cl2N3/c4-2-1-3(5)7-8-6-2/h1,6,8H/i/hD. The van der Waals surface area contributed by atoms with Crippen molar-refractivity contribution in [2.24, 2.45) is 5.10 Å². The van der Waals surface area contributed by atoms with Crippen LogP contribution in [0.3, 0.4) is 0 Å². The topological polar surface area (TPSA) is 36.4 Å². The van der Waals surface area contributed by atoms with Crippen molar-refractivity contribution in [1.82, 2.24) is 11.0 Å². The van der Waals surface area contributed by atoms with Crippen molar-refractivity contribution in [2.75, 3.05) is 0 Å². The first-order valence-corrected chi connectivity index (χ1v) is 2.61. The molecular formula is C3H3Cl2N3. The van der Waals surface area contributed by atoms with E-state index in [4.69, 9.17) is 24.6 Å². The van der Waals surface area contributed by atoms with E-state index < -0.39 is 0 Å². The van der Waals surface area contributed by atoms with Crippen molar-refractivity contribution in [3.63, 3.8) is 0 Å². The Bertz CT molecular complexity index is 178. The van der Waals surface area contributed by atoms with Crippen molar-refractivity contribution in [1.29, 1.82) is 0 Å². The molecule has 0 amide bonds. The summed E-state index contributed by atoms with van der Waals surface area (Å²) in [5.41, 5.74) is 3.05. The minimum Gasteiger partial charge on any atom is -0.274 e. The van der Waals surface area contributed by atoms with E-state index in [2.05, 4.69) is 10.5 Å². The Labute approximate surface area is 57.8 Å². The van der Waals surface area contributed by atoms with Gasteiger partial charge in [0.25, 0.3) is 0 Å². The van der Waals surface area contributed by atoms with Crippen LogP contribution in [0.25, 0.3) is 0 Å². The van der Waals surface area contributed by atoms with Crippen LogP contribution in [0, 0.1) is 0 Å². The third-order valence-corrected chi connectivity index (χ3v) is 0.926. The molecule has 1 rings (SSSR count). The molecular weight excluding hydrogens is 149 g/mol. The fraction of sp³-hybridized carbons (Fsp3) is 0. The first-order valence-electron chi connectivity index (χ1n) is 2.30. The molecule has 44 valence electrons. The van der Waals surface area contributed by atoms with Crippen LogP contribution in [0.4, 0.5) is 0 Å². The molecule has 1 aliphatic heterocycles. The second kappa shape index (κ2) is 2.24. The number of hydrogen-bond donors (Lipinski definition) is 2. The summed E-state index contributed by atoms with van der Waals surface area (Å²) in [6.07, 6.45) is 1.41. The van der Waals surface area contributed by atoms with Crippen LogP contribution in [0.5, 0.6) is 0 Å². The SMILES string of the molecule is [2H]N1N=C(Cl)C=C(Cl)N1. The Morgan fingerprint density at radius 2 is 2.50 bits per heavy atom. The summed E-state index contributed by atoms with van der Waals surface area (Å²) in [6.45, 7) is 0. The molecule has 1 aliphatic rings. The van der Waals surface area contributed by atoms with Gasteiger partial charge in [0.1, 0.15) is 5.16 Å². The van der Waals surface area contributed by atoms with Crippen LogP contribution in [0.2, 0.25) is 1.41 Å². The van der Waals surface area contributed by atoms with Gasteiger partial charge in [-0.3, -0.25) is 5.43 Å². The molecule has 0 bridgehead atoms. The largest absolute Gasteiger partial charge is 0.274 e. The smallest absolute Gasteiger partial charge is 0.212 e. The van der Waals surface area contributed by atoms with Gasteiger partial charge in [-0.1, -0.05) is 23.2 Å². The molecule has 0 aromatic rings. The van der Waals surface area contributed by atoms with Crippen LogP contribution >= 0.6 is 23.2 Å². The Morgan fingerprint density at radius 1 is 1.75 bits per heavy atom. The van der Waals surface area contributed by atoms with Gasteiger partial charge < -0.3 is 0 Å². The number of hydrazone groups is 1. The monoisotopic (exact) mass is 152 g/mol. The maximum atomic E-state index is 6.86. The molecule has 0 fully saturated rings. The van der Waals surface area contributed by atoms with Gasteiger partial charge in [0.2, 0.25) is 1.41 Å². The normalized spacial score (nSPS) is 20.8. The average Bonchev–Trinajstić information content (AvgIpc) is 1.59. The quantitative estimate of drug-likeness (QED) is 0.503. The lowest BCUT2D eigenvalue weighted by Crippen LogP contribution is -2.27. The number of nitrogens with zero attached hydrogens (tertiary/aromatic N) is 1. The van der Waals surface area contributed by atoms with Gasteiger partial charge in [0.15, 0.2) is 5.17 Å². The number of rotatable bonds is 0. The van der Waals surface area contributed by atoms with Crippen LogP contribution in [-0.4, -0.2) is 5.17 Å². The predicted molar refractivity (Wildman–Crippen MR) is 33.5 cm³/mol. The summed E-state index contributed by atoms with van der Waals surface area (Å²) < 4.78 is 6.86. The highest BCUT2D eigenvalue weighted by Gasteiger charge is 1.97. The van der Waals surface area contributed by atoms with Crippen LogP contribution in [0.1, 0.15) is 0 Å². The minimum atomic E-state index is 0.189. The zero-order valence-electron chi connectivity index (χ0n) is 4.73. The maximum Gasteiger partial charge on any atom is 0.212 e. The summed E-state index contributed by atoms with van der Waals surface area (Å²) in [5, 5.41) is 3.91. The fourth-order valence-corrected chi connectivity index (χ4v) is 0.630. The molecule has 0 spiro atoms. The Kier molecular flexibility index (Phi) is 1.25. The third-order valence-electron chi connectivity index (χ3n) is 0.548. The summed E-state index contributed by atoms with van der Waals surface area (Å²) in [5.74, 6) is 0. The summed E-state index contributed by atoms with van der Waals surface area (Å²) in [4.78, 5) is 0. The van der Waals surface area contributed by atoms with Gasteiger partial charge in [0.05, 0.1) is 0 Å². The molecule has 0 aromatic carbocycles. The van der Waals surface area contributed by atoms with Crippen molar-refractivity contribution < 1.29 is 1.41 Å². The first kappa shape index (κ1) is 4.47. The third kappa shape index (κ3) is 1.28. The highest BCUT2D eigenvalue weighted by molar-refractivity contribution is 6.69. The molecule has 8 heavy (non-hydrogen) atoms. The lowest BCUT2D eigenvalue weighted by atomic mass is 10.6. The van der Waals surface area contributed by atoms with Crippen LogP contribution in [0.15, 0.2) is 16.3 Å². The van der Waals surface area contributed by atoms with Gasteiger partial charge in [-0.2, -0.15) is 0 Å². The molecule has 2 N–H and O–H groups in total. The molecule has 3 nitrogen and oxygen atoms in total. The molecule has 0 saturated carbocycles. The summed E-state index contributed by atoms with van der Waals surface area (Å²) in [7, 11) is 0. The van der Waals surface area contributed by atoms with Gasteiger partial charge in [-0.15, -0.1) is 5.10 Å². The lowest BCUT2D eigenvalue weighted by Gasteiger charge is -2.06. The van der Waals surface area contributed by atoms with E-state index in [1.165, 1.54) is 6.08 Å². The van der Waals surface area contributed by atoms with Crippen molar-refractivity contribution >= 4 is 28.4 Å². The highest BCUT2D eigenvalue weighted by atomic mass is 35.5. The van der Waals surface area contributed by atoms with Crippen molar-refractivity contribution in [3.05, 3.63) is 11.2 Å². The number of halogens is 2. The summed E-state index contributed by atoms with van der Waals surface area (Å²) in [6, 6.07) is 0. The van der Waals surface area contributed by atoms with E-state index in [1.807, 2.05) is 0 Å². The highest BCUT2D eigenvalue weighted by Crippen LogP contribution is 2.00. The molecule has 0 radical (unpaired) electrons. The Morgan fingerprint density at radius 3 is 3.00 bits per heavy atom. The van der Waals surface area contributed by atoms with E-state index in [-0.39, 0.29) is 10.3 Å². The predicted octanol–water partition coefficient (Wildman–Crippen LogP) is 0.727. The van der Waals surface area contributed by atoms with Crippen LogP contribution < -0.4 is 11.0 Å². The molecule has 0 aliphatic carbocycles. The van der Waals surface area contributed by atoms with Gasteiger partial charge in [-0.25, -0.2) is 5.53 Å². The summed E-state index contributed by atoms with van der Waals surface area (Å²) >= 11 is 10.8.